The van der Waals surface area contributed by atoms with E-state index in [9.17, 15) is 9.90 Å². The molecule has 0 saturated carbocycles. The molecule has 1 heterocycles. The van der Waals surface area contributed by atoms with Crippen molar-refractivity contribution >= 4 is 5.97 Å². The average molecular weight is 250 g/mol. The Morgan fingerprint density at radius 3 is 2.83 bits per heavy atom. The highest BCUT2D eigenvalue weighted by atomic mass is 16.6. The van der Waals surface area contributed by atoms with E-state index in [1.54, 1.807) is 0 Å². The molecule has 1 aliphatic heterocycles. The molecule has 1 aliphatic carbocycles. The van der Waals surface area contributed by atoms with Crippen molar-refractivity contribution in [2.24, 2.45) is 11.3 Å². The van der Waals surface area contributed by atoms with Gasteiger partial charge in [-0.1, -0.05) is 25.5 Å². The van der Waals surface area contributed by atoms with Crippen LogP contribution in [-0.2, 0) is 9.53 Å². The molecule has 2 rings (SSSR count). The minimum atomic E-state index is -1.02. The predicted octanol–water partition coefficient (Wildman–Crippen LogP) is 2.95. The Bertz CT molecular complexity index is 408. The van der Waals surface area contributed by atoms with Crippen LogP contribution in [0.25, 0.3) is 0 Å². The molecule has 100 valence electrons. The third-order valence-corrected chi connectivity index (χ3v) is 4.82. The lowest BCUT2D eigenvalue weighted by Gasteiger charge is -2.40. The Balaban J connectivity index is 2.05. The molecule has 2 aliphatic rings. The van der Waals surface area contributed by atoms with Crippen molar-refractivity contribution in [3.05, 3.63) is 23.3 Å². The summed E-state index contributed by atoms with van der Waals surface area (Å²) in [6.07, 6.45) is 6.78. The molecule has 1 unspecified atom stereocenters. The van der Waals surface area contributed by atoms with Gasteiger partial charge in [-0.25, -0.2) is 4.79 Å². The summed E-state index contributed by atoms with van der Waals surface area (Å²) in [5, 5.41) is 9.58. The van der Waals surface area contributed by atoms with Gasteiger partial charge in [0.15, 0.2) is 0 Å². The van der Waals surface area contributed by atoms with Gasteiger partial charge in [0.05, 0.1) is 0 Å². The van der Waals surface area contributed by atoms with Crippen LogP contribution >= 0.6 is 0 Å². The Hall–Kier alpha value is -1.09. The summed E-state index contributed by atoms with van der Waals surface area (Å²) in [6, 6.07) is 0. The number of aliphatic hydroxyl groups excluding tert-OH is 1. The summed E-state index contributed by atoms with van der Waals surface area (Å²) in [4.78, 5) is 11.1. The minimum absolute atomic E-state index is 0.171. The summed E-state index contributed by atoms with van der Waals surface area (Å²) >= 11 is 0. The van der Waals surface area contributed by atoms with Gasteiger partial charge >= 0.3 is 5.97 Å². The summed E-state index contributed by atoms with van der Waals surface area (Å²) in [6.45, 7) is 6.77. The number of carbonyl (C=O) groups is 1. The van der Waals surface area contributed by atoms with Crippen LogP contribution in [-0.4, -0.2) is 17.4 Å². The normalized spacial score (nSPS) is 36.1. The molecule has 3 nitrogen and oxygen atoms in total. The molecule has 0 fully saturated rings. The molecule has 0 amide bonds. The molecular formula is C15H22O3. The molecule has 0 spiro atoms. The fourth-order valence-electron chi connectivity index (χ4n) is 2.98. The number of esters is 1. The van der Waals surface area contributed by atoms with Crippen molar-refractivity contribution in [1.82, 2.24) is 0 Å². The minimum Gasteiger partial charge on any atom is -0.429 e. The van der Waals surface area contributed by atoms with Crippen LogP contribution in [0, 0.1) is 11.3 Å². The van der Waals surface area contributed by atoms with E-state index in [4.69, 9.17) is 4.74 Å². The summed E-state index contributed by atoms with van der Waals surface area (Å²) in [5.41, 5.74) is 2.32. The molecule has 0 aromatic heterocycles. The number of ether oxygens (including phenoxy) is 1. The molecule has 18 heavy (non-hydrogen) atoms. The number of allylic oxidation sites excluding steroid dienone is 2. The van der Waals surface area contributed by atoms with E-state index in [0.717, 1.165) is 19.3 Å². The van der Waals surface area contributed by atoms with Crippen molar-refractivity contribution in [3.63, 3.8) is 0 Å². The van der Waals surface area contributed by atoms with Gasteiger partial charge in [0.1, 0.15) is 0 Å². The van der Waals surface area contributed by atoms with Gasteiger partial charge in [0, 0.05) is 11.6 Å². The first kappa shape index (κ1) is 13.3. The third kappa shape index (κ3) is 2.37. The first-order valence-corrected chi connectivity index (χ1v) is 6.70. The number of carbonyl (C=O) groups excluding carboxylic acids is 1. The Morgan fingerprint density at radius 2 is 2.28 bits per heavy atom. The molecular weight excluding hydrogens is 228 g/mol. The molecule has 0 saturated heterocycles. The van der Waals surface area contributed by atoms with Crippen molar-refractivity contribution < 1.29 is 14.6 Å². The first-order chi connectivity index (χ1) is 8.43. The molecule has 0 bridgehead atoms. The van der Waals surface area contributed by atoms with E-state index < -0.39 is 12.3 Å². The van der Waals surface area contributed by atoms with Crippen LogP contribution in [0.2, 0.25) is 0 Å². The van der Waals surface area contributed by atoms with Gasteiger partial charge in [-0.2, -0.15) is 0 Å². The maximum absolute atomic E-state index is 11.1. The fraction of sp³-hybridized carbons (Fsp3) is 0.667. The van der Waals surface area contributed by atoms with E-state index in [0.29, 0.717) is 11.5 Å². The lowest BCUT2D eigenvalue weighted by atomic mass is 9.65. The second-order valence-corrected chi connectivity index (χ2v) is 5.79. The molecule has 0 radical (unpaired) electrons. The predicted molar refractivity (Wildman–Crippen MR) is 69.7 cm³/mol. The average Bonchev–Trinajstić information content (AvgIpc) is 2.62. The summed E-state index contributed by atoms with van der Waals surface area (Å²) in [7, 11) is 0. The van der Waals surface area contributed by atoms with E-state index in [2.05, 4.69) is 26.8 Å². The summed E-state index contributed by atoms with van der Waals surface area (Å²) < 4.78 is 4.71. The van der Waals surface area contributed by atoms with Gasteiger partial charge in [-0.05, 0) is 43.9 Å². The lowest BCUT2D eigenvalue weighted by molar-refractivity contribution is -0.151. The van der Waals surface area contributed by atoms with Crippen LogP contribution in [0.5, 0.6) is 0 Å². The van der Waals surface area contributed by atoms with E-state index in [-0.39, 0.29) is 5.41 Å². The number of rotatable bonds is 3. The van der Waals surface area contributed by atoms with E-state index >= 15 is 0 Å². The van der Waals surface area contributed by atoms with E-state index in [1.807, 2.05) is 0 Å². The zero-order valence-corrected chi connectivity index (χ0v) is 11.4. The highest BCUT2D eigenvalue weighted by Gasteiger charge is 2.35. The van der Waals surface area contributed by atoms with Crippen LogP contribution in [0.1, 0.15) is 46.5 Å². The third-order valence-electron chi connectivity index (χ3n) is 4.82. The standard InChI is InChI=1S/C15H22O3/c1-10-5-4-6-11(2)15(10,3)8-7-12-9-13(16)18-14(12)17/h5,9,11,14,17H,4,6-8H2,1-3H3/t11-,14?,15-/m0/s1. The topological polar surface area (TPSA) is 46.5 Å². The Kier molecular flexibility index (Phi) is 3.62. The zero-order chi connectivity index (χ0) is 13.3. The van der Waals surface area contributed by atoms with Crippen LogP contribution in [0.3, 0.4) is 0 Å². The maximum Gasteiger partial charge on any atom is 0.333 e. The lowest BCUT2D eigenvalue weighted by Crippen LogP contribution is -2.30. The smallest absolute Gasteiger partial charge is 0.333 e. The number of cyclic esters (lactones) is 1. The monoisotopic (exact) mass is 250 g/mol. The highest BCUT2D eigenvalue weighted by molar-refractivity contribution is 5.85. The Labute approximate surface area is 109 Å². The van der Waals surface area contributed by atoms with Gasteiger partial charge in [0.25, 0.3) is 0 Å². The van der Waals surface area contributed by atoms with Crippen LogP contribution in [0.15, 0.2) is 23.3 Å². The van der Waals surface area contributed by atoms with Crippen LogP contribution < -0.4 is 0 Å². The molecule has 1 N–H and O–H groups in total. The number of hydrogen-bond acceptors (Lipinski definition) is 3. The second kappa shape index (κ2) is 4.88. The van der Waals surface area contributed by atoms with Crippen molar-refractivity contribution in [1.29, 1.82) is 0 Å². The molecule has 0 aromatic carbocycles. The number of aliphatic hydroxyl groups is 1. The Morgan fingerprint density at radius 1 is 1.56 bits per heavy atom. The summed E-state index contributed by atoms with van der Waals surface area (Å²) in [5.74, 6) is 0.213. The first-order valence-electron chi connectivity index (χ1n) is 6.70. The SMILES string of the molecule is CC1=CCC[C@H](C)[C@@]1(C)CCC1=CC(=O)OC1O. The highest BCUT2D eigenvalue weighted by Crippen LogP contribution is 2.46. The van der Waals surface area contributed by atoms with Gasteiger partial charge in [0.2, 0.25) is 6.29 Å². The molecule has 3 heteroatoms. The molecule has 3 atom stereocenters. The van der Waals surface area contributed by atoms with Crippen molar-refractivity contribution in [3.8, 4) is 0 Å². The second-order valence-electron chi connectivity index (χ2n) is 5.79. The van der Waals surface area contributed by atoms with Gasteiger partial charge < -0.3 is 9.84 Å². The van der Waals surface area contributed by atoms with Gasteiger partial charge in [-0.3, -0.25) is 0 Å². The number of hydrogen-bond donors (Lipinski definition) is 1. The van der Waals surface area contributed by atoms with Gasteiger partial charge in [-0.15, -0.1) is 0 Å². The maximum atomic E-state index is 11.1. The quantitative estimate of drug-likeness (QED) is 0.618. The van der Waals surface area contributed by atoms with Crippen molar-refractivity contribution in [2.45, 2.75) is 52.7 Å². The fourth-order valence-corrected chi connectivity index (χ4v) is 2.98. The largest absolute Gasteiger partial charge is 0.429 e. The zero-order valence-electron chi connectivity index (χ0n) is 11.4. The van der Waals surface area contributed by atoms with Crippen molar-refractivity contribution in [2.75, 3.05) is 0 Å². The molecule has 0 aromatic rings. The van der Waals surface area contributed by atoms with E-state index in [1.165, 1.54) is 18.1 Å². The van der Waals surface area contributed by atoms with Crippen LogP contribution in [0.4, 0.5) is 0 Å².